The summed E-state index contributed by atoms with van der Waals surface area (Å²) < 4.78 is 4.81. The second-order valence-corrected chi connectivity index (χ2v) is 4.09. The summed E-state index contributed by atoms with van der Waals surface area (Å²) in [4.78, 5) is 0. The zero-order valence-electron chi connectivity index (χ0n) is 4.12. The van der Waals surface area contributed by atoms with Crippen LogP contribution in [0.2, 0.25) is 12.6 Å². The van der Waals surface area contributed by atoms with Gasteiger partial charge in [-0.15, -0.1) is 0 Å². The predicted molar refractivity (Wildman–Crippen MR) is 28.9 cm³/mol. The molecule has 1 nitrogen and oxygen atoms in total. The van der Waals surface area contributed by atoms with E-state index in [1.54, 1.807) is 0 Å². The molecule has 0 aliphatic rings. The summed E-state index contributed by atoms with van der Waals surface area (Å²) in [5.74, 6) is 0. The Hall–Kier alpha value is 0.394. The Labute approximate surface area is 44.0 Å². The molecule has 3 heteroatoms. The fourth-order valence-electron chi connectivity index (χ4n) is 0.0722. The summed E-state index contributed by atoms with van der Waals surface area (Å²) in [6, 6.07) is 1.16. The molecule has 0 amide bonds. The average molecular weight is 116 g/mol. The summed E-state index contributed by atoms with van der Waals surface area (Å²) in [5.41, 5.74) is 0. The Bertz CT molecular complexity index is 28.0. The lowest BCUT2D eigenvalue weighted by Gasteiger charge is -1.97. The van der Waals surface area contributed by atoms with Crippen LogP contribution < -0.4 is 0 Å². The van der Waals surface area contributed by atoms with Crippen LogP contribution >= 0.6 is 0 Å². The van der Waals surface area contributed by atoms with Crippen LogP contribution in [0, 0.1) is 0 Å². The molecule has 0 spiro atoms. The third kappa shape index (κ3) is 2.62. The van der Waals surface area contributed by atoms with E-state index in [9.17, 15) is 0 Å². The Morgan fingerprint density at radius 3 is 2.33 bits per heavy atom. The Kier molecular flexibility index (Phi) is 3.81. The van der Waals surface area contributed by atoms with Gasteiger partial charge in [-0.25, -0.2) is 0 Å². The Morgan fingerprint density at radius 2 is 2.33 bits per heavy atom. The third-order valence-electron chi connectivity index (χ3n) is 0.672. The topological polar surface area (TPSA) is 9.23 Å². The van der Waals surface area contributed by atoms with E-state index < -0.39 is 9.04 Å². The molecule has 0 rings (SSSR count). The number of hydrogen-bond acceptors (Lipinski definition) is 1. The van der Waals surface area contributed by atoms with Crippen LogP contribution in [-0.2, 0) is 4.12 Å². The van der Waals surface area contributed by atoms with Crippen molar-refractivity contribution in [1.82, 2.24) is 0 Å². The summed E-state index contributed by atoms with van der Waals surface area (Å²) >= 11 is 0. The van der Waals surface area contributed by atoms with Crippen molar-refractivity contribution < 1.29 is 4.12 Å². The SMILES string of the molecule is CC[Si](C)O[Si]. The first-order chi connectivity index (χ1) is 2.81. The molecule has 0 aromatic heterocycles. The molecule has 6 heavy (non-hydrogen) atoms. The zero-order chi connectivity index (χ0) is 4.99. The summed E-state index contributed by atoms with van der Waals surface area (Å²) in [5, 5.41) is 0. The van der Waals surface area contributed by atoms with Crippen LogP contribution in [-0.4, -0.2) is 19.5 Å². The van der Waals surface area contributed by atoms with Gasteiger partial charge >= 0.3 is 0 Å². The molecule has 34 valence electrons. The average Bonchev–Trinajstić information content (AvgIpc) is 1.65. The lowest BCUT2D eigenvalue weighted by Crippen LogP contribution is -2.07. The minimum absolute atomic E-state index is 0.455. The van der Waals surface area contributed by atoms with E-state index in [2.05, 4.69) is 24.0 Å². The fraction of sp³-hybridized carbons (Fsp3) is 1.00. The van der Waals surface area contributed by atoms with Crippen molar-refractivity contribution >= 4 is 19.5 Å². The highest BCUT2D eigenvalue weighted by atomic mass is 28.3. The molecule has 0 aliphatic heterocycles. The minimum atomic E-state index is -0.455. The molecule has 0 heterocycles. The highest BCUT2D eigenvalue weighted by Gasteiger charge is 1.94. The molecule has 0 N–H and O–H groups in total. The van der Waals surface area contributed by atoms with Crippen molar-refractivity contribution in [1.29, 1.82) is 0 Å². The van der Waals surface area contributed by atoms with E-state index in [0.29, 0.717) is 0 Å². The van der Waals surface area contributed by atoms with Gasteiger partial charge in [-0.2, -0.15) is 0 Å². The fourth-order valence-corrected chi connectivity index (χ4v) is 0.650. The molecule has 0 unspecified atom stereocenters. The van der Waals surface area contributed by atoms with Gasteiger partial charge in [0.1, 0.15) is 0 Å². The summed E-state index contributed by atoms with van der Waals surface area (Å²) in [6.07, 6.45) is 0. The van der Waals surface area contributed by atoms with Crippen LogP contribution in [0.4, 0.5) is 0 Å². The second-order valence-electron chi connectivity index (χ2n) is 1.16. The molecule has 0 aromatic rings. The van der Waals surface area contributed by atoms with E-state index in [1.165, 1.54) is 0 Å². The smallest absolute Gasteiger partial charge is 0.229 e. The maximum Gasteiger partial charge on any atom is 0.229 e. The van der Waals surface area contributed by atoms with Crippen LogP contribution in [0.5, 0.6) is 0 Å². The van der Waals surface area contributed by atoms with Crippen LogP contribution in [0.15, 0.2) is 0 Å². The van der Waals surface area contributed by atoms with Gasteiger partial charge < -0.3 is 4.12 Å². The maximum absolute atomic E-state index is 4.81. The van der Waals surface area contributed by atoms with Gasteiger partial charge in [-0.3, -0.25) is 0 Å². The summed E-state index contributed by atoms with van der Waals surface area (Å²) in [6.45, 7) is 4.23. The molecular weight excluding hydrogens is 108 g/mol. The number of rotatable bonds is 2. The zero-order valence-corrected chi connectivity index (χ0v) is 6.12. The van der Waals surface area contributed by atoms with Crippen molar-refractivity contribution in [2.45, 2.75) is 19.5 Å². The largest absolute Gasteiger partial charge is 0.457 e. The van der Waals surface area contributed by atoms with E-state index in [1.807, 2.05) is 0 Å². The van der Waals surface area contributed by atoms with Gasteiger partial charge in [-0.05, 0) is 12.6 Å². The van der Waals surface area contributed by atoms with Crippen molar-refractivity contribution in [2.75, 3.05) is 0 Å². The van der Waals surface area contributed by atoms with E-state index in [-0.39, 0.29) is 0 Å². The summed E-state index contributed by atoms with van der Waals surface area (Å²) in [7, 11) is 2.51. The lowest BCUT2D eigenvalue weighted by atomic mass is 11.0. The molecule has 0 aromatic carbocycles. The first kappa shape index (κ1) is 6.39. The lowest BCUT2D eigenvalue weighted by molar-refractivity contribution is 0.638. The second kappa shape index (κ2) is 3.58. The van der Waals surface area contributed by atoms with E-state index in [0.717, 1.165) is 6.04 Å². The molecule has 0 fully saturated rings. The molecular formula is C3H8OSi2. The van der Waals surface area contributed by atoms with E-state index >= 15 is 0 Å². The van der Waals surface area contributed by atoms with Crippen LogP contribution in [0.3, 0.4) is 0 Å². The van der Waals surface area contributed by atoms with Crippen molar-refractivity contribution in [3.8, 4) is 0 Å². The van der Waals surface area contributed by atoms with Crippen molar-refractivity contribution in [3.05, 3.63) is 0 Å². The van der Waals surface area contributed by atoms with Crippen LogP contribution in [0.25, 0.3) is 0 Å². The van der Waals surface area contributed by atoms with Crippen LogP contribution in [0.1, 0.15) is 6.92 Å². The monoisotopic (exact) mass is 116 g/mol. The minimum Gasteiger partial charge on any atom is -0.457 e. The van der Waals surface area contributed by atoms with Crippen molar-refractivity contribution in [3.63, 3.8) is 0 Å². The van der Waals surface area contributed by atoms with Crippen molar-refractivity contribution in [2.24, 2.45) is 0 Å². The first-order valence-electron chi connectivity index (χ1n) is 1.97. The molecule has 0 atom stereocenters. The molecule has 0 bridgehead atoms. The van der Waals surface area contributed by atoms with Gasteiger partial charge in [0.05, 0.1) is 0 Å². The van der Waals surface area contributed by atoms with Gasteiger partial charge in [0.25, 0.3) is 0 Å². The number of hydrogen-bond donors (Lipinski definition) is 0. The van der Waals surface area contributed by atoms with Gasteiger partial charge in [0.2, 0.25) is 10.5 Å². The maximum atomic E-state index is 4.81. The van der Waals surface area contributed by atoms with Gasteiger partial charge in [0.15, 0.2) is 9.04 Å². The van der Waals surface area contributed by atoms with Gasteiger partial charge in [-0.1, -0.05) is 6.92 Å². The van der Waals surface area contributed by atoms with E-state index in [4.69, 9.17) is 4.12 Å². The molecule has 0 saturated heterocycles. The molecule has 0 aliphatic carbocycles. The third-order valence-corrected chi connectivity index (χ3v) is 3.06. The highest BCUT2D eigenvalue weighted by molar-refractivity contribution is 6.53. The Balaban J connectivity index is 2.75. The normalized spacial score (nSPS) is 10.0. The standard InChI is InChI=1S/C3H8OSi2/c1-3-6(2)4-5/h3H2,1-2H3. The molecule has 0 saturated carbocycles. The van der Waals surface area contributed by atoms with Gasteiger partial charge in [0, 0.05) is 0 Å². The quantitative estimate of drug-likeness (QED) is 0.483. The highest BCUT2D eigenvalue weighted by Crippen LogP contribution is 1.86. The Morgan fingerprint density at radius 1 is 1.83 bits per heavy atom. The molecule has 4 radical (unpaired) electrons. The first-order valence-corrected chi connectivity index (χ1v) is 4.49. The predicted octanol–water partition coefficient (Wildman–Crippen LogP) is 0.728.